The predicted molar refractivity (Wildman–Crippen MR) is 236 cm³/mol. The molecule has 2 heterocycles. The van der Waals surface area contributed by atoms with Crippen molar-refractivity contribution in [1.82, 2.24) is 9.80 Å². The van der Waals surface area contributed by atoms with Crippen molar-refractivity contribution in [3.8, 4) is 0 Å². The summed E-state index contributed by atoms with van der Waals surface area (Å²) < 4.78 is 0. The van der Waals surface area contributed by atoms with E-state index in [1.54, 1.807) is 4.90 Å². The molecule has 57 heavy (non-hydrogen) atoms. The van der Waals surface area contributed by atoms with E-state index in [0.29, 0.717) is 28.8 Å². The zero-order valence-corrected chi connectivity index (χ0v) is 35.0. The minimum atomic E-state index is -0.218. The number of imide groups is 2. The zero-order chi connectivity index (χ0) is 39.9. The Morgan fingerprint density at radius 3 is 1.05 bits per heavy atom. The van der Waals surface area contributed by atoms with Crippen molar-refractivity contribution in [3.05, 3.63) is 70.8 Å². The Labute approximate surface area is 340 Å². The van der Waals surface area contributed by atoms with Crippen molar-refractivity contribution < 1.29 is 19.2 Å². The number of unbranched alkanes of at least 4 members (excludes halogenated alkanes) is 17. The van der Waals surface area contributed by atoms with Crippen LogP contribution in [0, 0.1) is 0 Å². The highest BCUT2D eigenvalue weighted by Crippen LogP contribution is 2.46. The number of hydrogen-bond donors (Lipinski definition) is 0. The van der Waals surface area contributed by atoms with Crippen molar-refractivity contribution in [2.45, 2.75) is 168 Å². The van der Waals surface area contributed by atoms with Crippen molar-refractivity contribution in [1.29, 1.82) is 0 Å². The van der Waals surface area contributed by atoms with Gasteiger partial charge in [0.2, 0.25) is 0 Å². The molecule has 2 aliphatic heterocycles. The Morgan fingerprint density at radius 1 is 0.368 bits per heavy atom. The lowest BCUT2D eigenvalue weighted by Gasteiger charge is -2.35. The van der Waals surface area contributed by atoms with E-state index in [4.69, 9.17) is 0 Å². The van der Waals surface area contributed by atoms with Crippen LogP contribution in [-0.4, -0.2) is 46.0 Å². The van der Waals surface area contributed by atoms with E-state index in [1.807, 2.05) is 48.5 Å². The number of nitrogens with zero attached hydrogens (tertiary/aromatic N) is 2. The minimum absolute atomic E-state index is 0.111. The molecular weight excluding hydrogens is 705 g/mol. The molecule has 6 nitrogen and oxygen atoms in total. The summed E-state index contributed by atoms with van der Waals surface area (Å²) in [5, 5.41) is 7.01. The van der Waals surface area contributed by atoms with Gasteiger partial charge < -0.3 is 0 Å². The average Bonchev–Trinajstić information content (AvgIpc) is 3.22. The maximum Gasteiger partial charge on any atom is 0.261 e. The fraction of sp³-hybridized carbons (Fsp3) is 0.529. The van der Waals surface area contributed by atoms with Gasteiger partial charge in [0.25, 0.3) is 23.6 Å². The Hall–Kier alpha value is -4.32. The van der Waals surface area contributed by atoms with E-state index in [1.165, 1.54) is 88.4 Å². The monoisotopic (exact) mass is 768 g/mol. The third-order valence-electron chi connectivity index (χ3n) is 13.1. The van der Waals surface area contributed by atoms with Crippen molar-refractivity contribution in [3.63, 3.8) is 0 Å². The minimum Gasteiger partial charge on any atom is -0.274 e. The molecule has 0 aliphatic carbocycles. The molecule has 0 radical (unpaired) electrons. The van der Waals surface area contributed by atoms with Gasteiger partial charge in [-0.15, -0.1) is 0 Å². The van der Waals surface area contributed by atoms with E-state index in [0.717, 1.165) is 101 Å². The van der Waals surface area contributed by atoms with Crippen molar-refractivity contribution in [2.24, 2.45) is 0 Å². The molecule has 0 saturated carbocycles. The van der Waals surface area contributed by atoms with E-state index in [9.17, 15) is 19.2 Å². The zero-order valence-electron chi connectivity index (χ0n) is 35.0. The van der Waals surface area contributed by atoms with Gasteiger partial charge in [-0.25, -0.2) is 0 Å². The highest BCUT2D eigenvalue weighted by Gasteiger charge is 2.39. The SMILES string of the molecule is CCCCCCCCCCCCN1C(=O)c2ccc3c4ccc5c6c(ccc(c7ccc(c2c37)C1=O)c64)C(=O)N(C(CCCCCCC)CCCCCCC)C5=O. The van der Waals surface area contributed by atoms with Crippen LogP contribution in [0.4, 0.5) is 0 Å². The van der Waals surface area contributed by atoms with Gasteiger partial charge in [-0.2, -0.15) is 0 Å². The molecule has 0 atom stereocenters. The van der Waals surface area contributed by atoms with Crippen LogP contribution in [0.5, 0.6) is 0 Å². The van der Waals surface area contributed by atoms with Crippen LogP contribution in [0.3, 0.4) is 0 Å². The molecule has 7 rings (SSSR count). The molecule has 5 aromatic carbocycles. The number of hydrogen-bond acceptors (Lipinski definition) is 4. The summed E-state index contributed by atoms with van der Waals surface area (Å²) in [6.45, 7) is 7.12. The van der Waals surface area contributed by atoms with Gasteiger partial charge in [-0.3, -0.25) is 29.0 Å². The second kappa shape index (κ2) is 19.0. The lowest BCUT2D eigenvalue weighted by Crippen LogP contribution is -2.47. The molecule has 0 N–H and O–H groups in total. The van der Waals surface area contributed by atoms with Gasteiger partial charge in [0.1, 0.15) is 0 Å². The summed E-state index contributed by atoms with van der Waals surface area (Å²) in [6, 6.07) is 15.6. The molecule has 0 saturated heterocycles. The molecular formula is C51H64N2O4. The number of amides is 4. The van der Waals surface area contributed by atoms with Gasteiger partial charge in [0.15, 0.2) is 0 Å². The summed E-state index contributed by atoms with van der Waals surface area (Å²) in [7, 11) is 0. The molecule has 0 unspecified atom stereocenters. The van der Waals surface area contributed by atoms with Gasteiger partial charge in [0, 0.05) is 45.6 Å². The second-order valence-corrected chi connectivity index (χ2v) is 17.1. The lowest BCUT2D eigenvalue weighted by atomic mass is 9.82. The predicted octanol–water partition coefficient (Wildman–Crippen LogP) is 13.9. The molecule has 0 bridgehead atoms. The summed E-state index contributed by atoms with van der Waals surface area (Å²) >= 11 is 0. The van der Waals surface area contributed by atoms with Crippen LogP contribution in [0.25, 0.3) is 43.1 Å². The third-order valence-corrected chi connectivity index (χ3v) is 13.1. The highest BCUT2D eigenvalue weighted by molar-refractivity contribution is 6.41. The number of carbonyl (C=O) groups is 4. The van der Waals surface area contributed by atoms with Crippen LogP contribution in [-0.2, 0) is 0 Å². The van der Waals surface area contributed by atoms with Crippen molar-refractivity contribution in [2.75, 3.05) is 6.54 Å². The number of benzene rings is 5. The molecule has 4 amide bonds. The first-order valence-electron chi connectivity index (χ1n) is 22.9. The summed E-state index contributed by atoms with van der Waals surface area (Å²) in [4.78, 5) is 60.2. The van der Waals surface area contributed by atoms with Crippen LogP contribution in [0.15, 0.2) is 48.5 Å². The van der Waals surface area contributed by atoms with Crippen LogP contribution < -0.4 is 0 Å². The Balaban J connectivity index is 1.16. The third kappa shape index (κ3) is 8.08. The fourth-order valence-corrected chi connectivity index (χ4v) is 10.00. The van der Waals surface area contributed by atoms with Crippen LogP contribution >= 0.6 is 0 Å². The Kier molecular flexibility index (Phi) is 13.6. The van der Waals surface area contributed by atoms with E-state index in [-0.39, 0.29) is 29.7 Å². The van der Waals surface area contributed by atoms with Crippen LogP contribution in [0.2, 0.25) is 0 Å². The molecule has 302 valence electrons. The highest BCUT2D eigenvalue weighted by atomic mass is 16.2. The standard InChI is InChI=1S/C51H64N2O4/c1-4-7-10-13-14-15-16-17-20-23-34-52-48(54)40-30-26-36-38-28-32-42-47-43(33-29-39(45(38)47)37-27-31-41(49(52)55)46(40)44(36)37)51(57)53(50(42)56)35(24-21-18-11-8-5-2)25-22-19-12-9-6-3/h26-33,35H,4-25,34H2,1-3H3. The van der Waals surface area contributed by atoms with Gasteiger partial charge in [0.05, 0.1) is 0 Å². The maximum absolute atomic E-state index is 14.5. The maximum atomic E-state index is 14.5. The van der Waals surface area contributed by atoms with E-state index >= 15 is 0 Å². The average molecular weight is 769 g/mol. The first kappa shape index (κ1) is 40.9. The van der Waals surface area contributed by atoms with Gasteiger partial charge in [-0.05, 0) is 75.8 Å². The van der Waals surface area contributed by atoms with E-state index in [2.05, 4.69) is 20.8 Å². The molecule has 0 spiro atoms. The molecule has 0 aromatic heterocycles. The van der Waals surface area contributed by atoms with Crippen molar-refractivity contribution >= 4 is 66.7 Å². The fourth-order valence-electron chi connectivity index (χ4n) is 10.00. The number of rotatable bonds is 24. The molecule has 0 fully saturated rings. The topological polar surface area (TPSA) is 74.8 Å². The largest absolute Gasteiger partial charge is 0.274 e. The van der Waals surface area contributed by atoms with E-state index < -0.39 is 0 Å². The quantitative estimate of drug-likeness (QED) is 0.0271. The molecule has 2 aliphatic rings. The summed E-state index contributed by atoms with van der Waals surface area (Å²) in [5.74, 6) is -0.800. The first-order chi connectivity index (χ1) is 27.9. The molecule has 5 aromatic rings. The smallest absolute Gasteiger partial charge is 0.261 e. The van der Waals surface area contributed by atoms with Crippen LogP contribution in [0.1, 0.15) is 203 Å². The number of carbonyl (C=O) groups excluding carboxylic acids is 4. The van der Waals surface area contributed by atoms with Gasteiger partial charge >= 0.3 is 0 Å². The summed E-state index contributed by atoms with van der Waals surface area (Å²) in [6.07, 6.45) is 25.1. The Bertz CT molecular complexity index is 2100. The lowest BCUT2D eigenvalue weighted by molar-refractivity contribution is 0.0514. The summed E-state index contributed by atoms with van der Waals surface area (Å²) in [5.41, 5.74) is 2.33. The van der Waals surface area contributed by atoms with Gasteiger partial charge in [-0.1, -0.05) is 167 Å². The number of fused-ring (bicyclic) bond motifs is 2. The molecule has 6 heteroatoms. The first-order valence-corrected chi connectivity index (χ1v) is 22.9. The normalized spacial score (nSPS) is 14.3. The Morgan fingerprint density at radius 2 is 0.684 bits per heavy atom. The second-order valence-electron chi connectivity index (χ2n) is 17.1.